The Kier molecular flexibility index (Phi) is 2.09. The minimum absolute atomic E-state index is 0.0810. The molecule has 4 rings (SSSR count). The minimum Gasteiger partial charge on any atom is -0.350 e. The molecule has 1 amide bonds. The maximum atomic E-state index is 11.6. The number of amides is 1. The zero-order chi connectivity index (χ0) is 12.5. The number of hydrogen-bond acceptors (Lipinski definition) is 1. The van der Waals surface area contributed by atoms with Crippen molar-refractivity contribution in [1.29, 1.82) is 0 Å². The Balaban J connectivity index is 2.05. The summed E-state index contributed by atoms with van der Waals surface area (Å²) in [4.78, 5) is 11.6. The molecule has 2 atom stereocenters. The van der Waals surface area contributed by atoms with Gasteiger partial charge in [-0.1, -0.05) is 20.8 Å². The fourth-order valence-corrected chi connectivity index (χ4v) is 5.57. The van der Waals surface area contributed by atoms with Gasteiger partial charge in [0.2, 0.25) is 5.91 Å². The van der Waals surface area contributed by atoms with E-state index in [-0.39, 0.29) is 16.9 Å². The molecule has 1 N–H and O–H groups in total. The van der Waals surface area contributed by atoms with Crippen molar-refractivity contribution in [3.05, 3.63) is 0 Å². The molecule has 4 fully saturated rings. The van der Waals surface area contributed by atoms with Crippen LogP contribution in [0.1, 0.15) is 59.8 Å². The van der Waals surface area contributed by atoms with Gasteiger partial charge in [0.1, 0.15) is 0 Å². The van der Waals surface area contributed by atoms with Crippen LogP contribution in [-0.4, -0.2) is 11.4 Å². The Hall–Kier alpha value is -0.530. The second-order valence-corrected chi connectivity index (χ2v) is 7.73. The first-order chi connectivity index (χ1) is 7.78. The standard InChI is InChI=1S/C15H25NO/c1-10(17)16-15-8-11-5-12(9-15)7-14(4,6-11)13(15,2)3/h11-12H,5-9H2,1-4H3,(H,16,17). The van der Waals surface area contributed by atoms with Gasteiger partial charge in [-0.3, -0.25) is 4.79 Å². The molecule has 0 aromatic heterocycles. The number of carbonyl (C=O) groups excluding carboxylic acids is 1. The van der Waals surface area contributed by atoms with Crippen molar-refractivity contribution >= 4 is 5.91 Å². The van der Waals surface area contributed by atoms with E-state index >= 15 is 0 Å². The molecule has 2 heteroatoms. The number of nitrogens with one attached hydrogen (secondary N) is 1. The van der Waals surface area contributed by atoms with Gasteiger partial charge in [0, 0.05) is 12.5 Å². The second-order valence-electron chi connectivity index (χ2n) is 7.73. The van der Waals surface area contributed by atoms with E-state index in [1.807, 2.05) is 0 Å². The molecule has 4 aliphatic rings. The third-order valence-electron chi connectivity index (χ3n) is 6.54. The number of hydrogen-bond donors (Lipinski definition) is 1. The van der Waals surface area contributed by atoms with Gasteiger partial charge in [0.15, 0.2) is 0 Å². The van der Waals surface area contributed by atoms with E-state index in [2.05, 4.69) is 26.1 Å². The van der Waals surface area contributed by atoms with Crippen LogP contribution in [0.25, 0.3) is 0 Å². The normalized spacial score (nSPS) is 50.4. The molecular formula is C15H25NO. The lowest BCUT2D eigenvalue weighted by molar-refractivity contribution is -0.180. The fourth-order valence-electron chi connectivity index (χ4n) is 5.57. The van der Waals surface area contributed by atoms with Gasteiger partial charge in [-0.15, -0.1) is 0 Å². The van der Waals surface area contributed by atoms with Crippen LogP contribution in [0, 0.1) is 22.7 Å². The Morgan fingerprint density at radius 1 is 1.06 bits per heavy atom. The average Bonchev–Trinajstić information content (AvgIpc) is 2.11. The Morgan fingerprint density at radius 2 is 1.59 bits per heavy atom. The lowest BCUT2D eigenvalue weighted by Crippen LogP contribution is -2.72. The summed E-state index contributed by atoms with van der Waals surface area (Å²) in [7, 11) is 0. The highest BCUT2D eigenvalue weighted by Crippen LogP contribution is 2.69. The Morgan fingerprint density at radius 3 is 2.06 bits per heavy atom. The van der Waals surface area contributed by atoms with Crippen molar-refractivity contribution in [2.45, 2.75) is 65.3 Å². The third kappa shape index (κ3) is 1.30. The van der Waals surface area contributed by atoms with Crippen molar-refractivity contribution in [3.8, 4) is 0 Å². The molecule has 2 nitrogen and oxygen atoms in total. The summed E-state index contributed by atoms with van der Waals surface area (Å²) >= 11 is 0. The average molecular weight is 235 g/mol. The quantitative estimate of drug-likeness (QED) is 0.743. The highest BCUT2D eigenvalue weighted by Gasteiger charge is 2.66. The van der Waals surface area contributed by atoms with Crippen LogP contribution in [0.2, 0.25) is 0 Å². The lowest BCUT2D eigenvalue weighted by Gasteiger charge is -2.70. The molecule has 0 aromatic carbocycles. The van der Waals surface area contributed by atoms with Gasteiger partial charge in [-0.25, -0.2) is 0 Å². The molecule has 0 radical (unpaired) electrons. The zero-order valence-corrected chi connectivity index (χ0v) is 11.6. The largest absolute Gasteiger partial charge is 0.350 e. The number of rotatable bonds is 1. The van der Waals surface area contributed by atoms with Crippen LogP contribution in [0.15, 0.2) is 0 Å². The van der Waals surface area contributed by atoms with E-state index in [0.717, 1.165) is 11.8 Å². The Bertz CT molecular complexity index is 357. The van der Waals surface area contributed by atoms with Crippen LogP contribution in [0.3, 0.4) is 0 Å². The molecule has 0 aliphatic heterocycles. The maximum absolute atomic E-state index is 11.6. The molecule has 96 valence electrons. The summed E-state index contributed by atoms with van der Waals surface area (Å²) in [5.74, 6) is 1.86. The van der Waals surface area contributed by atoms with Crippen molar-refractivity contribution in [2.75, 3.05) is 0 Å². The smallest absolute Gasteiger partial charge is 0.217 e. The van der Waals surface area contributed by atoms with Gasteiger partial charge in [-0.2, -0.15) is 0 Å². The molecule has 17 heavy (non-hydrogen) atoms. The summed E-state index contributed by atoms with van der Waals surface area (Å²) in [5, 5.41) is 3.36. The first-order valence-electron chi connectivity index (χ1n) is 7.07. The third-order valence-corrected chi connectivity index (χ3v) is 6.54. The van der Waals surface area contributed by atoms with E-state index in [9.17, 15) is 4.79 Å². The van der Waals surface area contributed by atoms with Gasteiger partial charge < -0.3 is 5.32 Å². The molecule has 0 heterocycles. The van der Waals surface area contributed by atoms with E-state index in [1.165, 1.54) is 32.1 Å². The molecule has 0 saturated heterocycles. The van der Waals surface area contributed by atoms with E-state index in [1.54, 1.807) is 6.92 Å². The maximum Gasteiger partial charge on any atom is 0.217 e. The van der Waals surface area contributed by atoms with E-state index < -0.39 is 0 Å². The minimum atomic E-state index is 0.0810. The summed E-state index contributed by atoms with van der Waals surface area (Å²) < 4.78 is 0. The summed E-state index contributed by atoms with van der Waals surface area (Å²) in [5.41, 5.74) is 0.746. The van der Waals surface area contributed by atoms with Crippen LogP contribution >= 0.6 is 0 Å². The SMILES string of the molecule is CC(=O)NC12CC3CC(CC(C)(C3)C1(C)C)C2. The van der Waals surface area contributed by atoms with Crippen LogP contribution in [0.4, 0.5) is 0 Å². The topological polar surface area (TPSA) is 29.1 Å². The highest BCUT2D eigenvalue weighted by atomic mass is 16.1. The Labute approximate surface area is 105 Å². The fraction of sp³-hybridized carbons (Fsp3) is 0.933. The monoisotopic (exact) mass is 235 g/mol. The predicted molar refractivity (Wildman–Crippen MR) is 68.5 cm³/mol. The number of carbonyl (C=O) groups is 1. The molecule has 4 bridgehead atoms. The van der Waals surface area contributed by atoms with Crippen LogP contribution in [-0.2, 0) is 4.79 Å². The van der Waals surface area contributed by atoms with Crippen LogP contribution in [0.5, 0.6) is 0 Å². The van der Waals surface area contributed by atoms with Gasteiger partial charge >= 0.3 is 0 Å². The molecule has 0 spiro atoms. The first-order valence-corrected chi connectivity index (χ1v) is 7.07. The van der Waals surface area contributed by atoms with Gasteiger partial charge in [0.05, 0.1) is 0 Å². The predicted octanol–water partition coefficient (Wildman–Crippen LogP) is 3.12. The van der Waals surface area contributed by atoms with Crippen molar-refractivity contribution in [2.24, 2.45) is 22.7 Å². The zero-order valence-electron chi connectivity index (χ0n) is 11.6. The highest BCUT2D eigenvalue weighted by molar-refractivity contribution is 5.74. The van der Waals surface area contributed by atoms with E-state index in [0.29, 0.717) is 5.41 Å². The van der Waals surface area contributed by atoms with Gasteiger partial charge in [0.25, 0.3) is 0 Å². The van der Waals surface area contributed by atoms with Crippen molar-refractivity contribution in [3.63, 3.8) is 0 Å². The summed E-state index contributed by atoms with van der Waals surface area (Å²) in [6.07, 6.45) is 6.58. The molecule has 0 aromatic rings. The van der Waals surface area contributed by atoms with Crippen LogP contribution < -0.4 is 5.32 Å². The first kappa shape index (κ1) is 11.6. The van der Waals surface area contributed by atoms with Crippen molar-refractivity contribution < 1.29 is 4.79 Å². The van der Waals surface area contributed by atoms with E-state index in [4.69, 9.17) is 0 Å². The molecule has 2 unspecified atom stereocenters. The lowest BCUT2D eigenvalue weighted by atomic mass is 9.37. The molecule has 4 aliphatic carbocycles. The van der Waals surface area contributed by atoms with Crippen molar-refractivity contribution in [1.82, 2.24) is 5.32 Å². The molecule has 4 saturated carbocycles. The molecular weight excluding hydrogens is 210 g/mol. The summed E-state index contributed by atoms with van der Waals surface area (Å²) in [6, 6.07) is 0. The summed E-state index contributed by atoms with van der Waals surface area (Å²) in [6.45, 7) is 8.92. The second kappa shape index (κ2) is 3.07. The van der Waals surface area contributed by atoms with Gasteiger partial charge in [-0.05, 0) is 54.8 Å².